The number of carbonyl (C=O) groups is 2. The van der Waals surface area contributed by atoms with Crippen molar-refractivity contribution in [1.82, 2.24) is 10.1 Å². The van der Waals surface area contributed by atoms with Gasteiger partial charge in [-0.2, -0.15) is 18.2 Å². The molecule has 2 aromatic rings. The van der Waals surface area contributed by atoms with Crippen LogP contribution >= 0.6 is 11.3 Å². The highest BCUT2D eigenvalue weighted by atomic mass is 32.2. The number of halogens is 3. The van der Waals surface area contributed by atoms with E-state index in [1.54, 1.807) is 0 Å². The molecule has 0 spiro atoms. The summed E-state index contributed by atoms with van der Waals surface area (Å²) in [7, 11) is -3.37. The minimum atomic E-state index is -4.83. The van der Waals surface area contributed by atoms with Gasteiger partial charge in [0.2, 0.25) is 0 Å². The molecule has 13 heteroatoms. The number of allylic oxidation sites excluding steroid dienone is 1. The van der Waals surface area contributed by atoms with Crippen LogP contribution in [0.25, 0.3) is 11.5 Å². The number of Topliss-reactive ketones (excluding diaryl/α,β-unsaturated/α-hetero) is 1. The first-order valence-electron chi connectivity index (χ1n) is 9.20. The van der Waals surface area contributed by atoms with E-state index in [-0.39, 0.29) is 52.4 Å². The number of sulfone groups is 1. The molecule has 1 aliphatic carbocycles. The molecule has 31 heavy (non-hydrogen) atoms. The Balaban J connectivity index is 1.78. The molecule has 3 heterocycles. The zero-order valence-corrected chi connectivity index (χ0v) is 17.4. The number of aliphatic carboxylic acids is 1. The zero-order chi connectivity index (χ0) is 22.6. The molecule has 0 bridgehead atoms. The summed E-state index contributed by atoms with van der Waals surface area (Å²) in [4.78, 5) is 28.3. The summed E-state index contributed by atoms with van der Waals surface area (Å²) in [6.45, 7) is 0. The fourth-order valence-electron chi connectivity index (χ4n) is 3.83. The Kier molecular flexibility index (Phi) is 5.28. The summed E-state index contributed by atoms with van der Waals surface area (Å²) in [5.74, 6) is -4.04. The Morgan fingerprint density at radius 3 is 2.52 bits per heavy atom. The maximum Gasteiger partial charge on any atom is 0.455 e. The third kappa shape index (κ3) is 4.15. The van der Waals surface area contributed by atoms with E-state index in [9.17, 15) is 36.3 Å². The normalized spacial score (nSPS) is 18.3. The van der Waals surface area contributed by atoms with Gasteiger partial charge in [0.25, 0.3) is 11.7 Å². The highest BCUT2D eigenvalue weighted by Gasteiger charge is 2.39. The van der Waals surface area contributed by atoms with Gasteiger partial charge in [0, 0.05) is 27.3 Å². The first kappa shape index (κ1) is 21.7. The number of rotatable bonds is 5. The molecule has 0 atom stereocenters. The number of thiophene rings is 1. The Bertz CT molecular complexity index is 1220. The third-order valence-electron chi connectivity index (χ3n) is 5.20. The van der Waals surface area contributed by atoms with Crippen LogP contribution < -0.4 is 0 Å². The van der Waals surface area contributed by atoms with Crippen LogP contribution in [0, 0.1) is 0 Å². The molecule has 1 N–H and O–H groups in total. The maximum absolute atomic E-state index is 12.9. The molecule has 0 fully saturated rings. The van der Waals surface area contributed by atoms with Crippen LogP contribution in [0.1, 0.15) is 40.4 Å². The second-order valence-corrected chi connectivity index (χ2v) is 10.7. The Labute approximate surface area is 177 Å². The molecule has 4 rings (SSSR count). The average molecular weight is 476 g/mol. The number of ketones is 1. The van der Waals surface area contributed by atoms with E-state index in [1.165, 1.54) is 0 Å². The lowest BCUT2D eigenvalue weighted by Gasteiger charge is -2.12. The molecule has 2 aromatic heterocycles. The summed E-state index contributed by atoms with van der Waals surface area (Å²) in [5.41, 5.74) is 0.826. The van der Waals surface area contributed by atoms with E-state index >= 15 is 0 Å². The van der Waals surface area contributed by atoms with E-state index in [1.807, 2.05) is 0 Å². The molecule has 0 aromatic carbocycles. The van der Waals surface area contributed by atoms with Crippen molar-refractivity contribution in [2.75, 3.05) is 5.75 Å². The summed E-state index contributed by atoms with van der Waals surface area (Å²) < 4.78 is 67.7. The van der Waals surface area contributed by atoms with Crippen molar-refractivity contribution in [3.63, 3.8) is 0 Å². The molecule has 0 unspecified atom stereocenters. The summed E-state index contributed by atoms with van der Waals surface area (Å²) in [5, 5.41) is 12.2. The van der Waals surface area contributed by atoms with E-state index in [0.717, 1.165) is 11.3 Å². The predicted octanol–water partition coefficient (Wildman–Crippen LogP) is 2.96. The minimum absolute atomic E-state index is 0.0348. The lowest BCUT2D eigenvalue weighted by molar-refractivity contribution is -0.146. The Morgan fingerprint density at radius 1 is 1.16 bits per heavy atom. The second kappa shape index (κ2) is 7.55. The molecule has 2 aliphatic rings. The van der Waals surface area contributed by atoms with Crippen LogP contribution in [0.3, 0.4) is 0 Å². The van der Waals surface area contributed by atoms with E-state index < -0.39 is 39.5 Å². The Morgan fingerprint density at radius 2 is 1.87 bits per heavy atom. The van der Waals surface area contributed by atoms with Gasteiger partial charge in [0.05, 0.1) is 17.1 Å². The standard InChI is InChI=1S/C18H15F3N2O6S2/c19-18(20,21)17-22-15(29-23-17)14-10-4-5-31(27,28)7-13(10)30-12(14)6-11(24)8-2-1-3-9(8)16(25)26/h1-7H2,(H,25,26). The number of aromatic nitrogens is 2. The number of alkyl halides is 3. The molecular weight excluding hydrogens is 461 g/mol. The molecule has 0 saturated heterocycles. The molecule has 0 radical (unpaired) electrons. The quantitative estimate of drug-likeness (QED) is 0.698. The summed E-state index contributed by atoms with van der Waals surface area (Å²) in [6, 6.07) is 0. The van der Waals surface area contributed by atoms with Crippen molar-refractivity contribution in [3.05, 3.63) is 32.3 Å². The minimum Gasteiger partial charge on any atom is -0.478 e. The van der Waals surface area contributed by atoms with Gasteiger partial charge in [-0.05, 0) is 31.2 Å². The van der Waals surface area contributed by atoms with Crippen LogP contribution in [0.15, 0.2) is 15.7 Å². The van der Waals surface area contributed by atoms with Crippen LogP contribution in [-0.2, 0) is 44.2 Å². The number of nitrogens with zero attached hydrogens (tertiary/aromatic N) is 2. The van der Waals surface area contributed by atoms with Crippen LogP contribution in [-0.4, -0.2) is 41.2 Å². The second-order valence-electron chi connectivity index (χ2n) is 7.28. The highest BCUT2D eigenvalue weighted by molar-refractivity contribution is 7.90. The topological polar surface area (TPSA) is 127 Å². The van der Waals surface area contributed by atoms with Crippen molar-refractivity contribution in [3.8, 4) is 11.5 Å². The SMILES string of the molecule is O=C(O)C1=C(C(=O)Cc2sc3c(c2-c2nc(C(F)(F)F)no2)CCS(=O)(=O)C3)CCC1. The van der Waals surface area contributed by atoms with E-state index in [2.05, 4.69) is 10.1 Å². The smallest absolute Gasteiger partial charge is 0.455 e. The summed E-state index contributed by atoms with van der Waals surface area (Å²) >= 11 is 0.994. The molecule has 166 valence electrons. The first-order valence-corrected chi connectivity index (χ1v) is 11.8. The third-order valence-corrected chi connectivity index (χ3v) is 8.17. The van der Waals surface area contributed by atoms with E-state index in [4.69, 9.17) is 4.52 Å². The van der Waals surface area contributed by atoms with Gasteiger partial charge >= 0.3 is 12.1 Å². The average Bonchev–Trinajstić information content (AvgIpc) is 3.37. The maximum atomic E-state index is 12.9. The molecule has 1 aliphatic heterocycles. The predicted molar refractivity (Wildman–Crippen MR) is 101 cm³/mol. The number of hydrogen-bond acceptors (Lipinski definition) is 8. The number of fused-ring (bicyclic) bond motifs is 1. The van der Waals surface area contributed by atoms with Crippen LogP contribution in [0.4, 0.5) is 13.2 Å². The van der Waals surface area contributed by atoms with Gasteiger partial charge in [-0.25, -0.2) is 13.2 Å². The molecule has 8 nitrogen and oxygen atoms in total. The van der Waals surface area contributed by atoms with Gasteiger partial charge < -0.3 is 9.63 Å². The van der Waals surface area contributed by atoms with E-state index in [0.29, 0.717) is 23.3 Å². The van der Waals surface area contributed by atoms with Crippen LogP contribution in [0.2, 0.25) is 0 Å². The lowest BCUT2D eigenvalue weighted by Crippen LogP contribution is -2.17. The Hall–Kier alpha value is -2.54. The van der Waals surface area contributed by atoms with Gasteiger partial charge in [0.1, 0.15) is 0 Å². The van der Waals surface area contributed by atoms with Crippen molar-refractivity contribution < 1.29 is 40.8 Å². The van der Waals surface area contributed by atoms with Crippen LogP contribution in [0.5, 0.6) is 0 Å². The first-order chi connectivity index (χ1) is 14.5. The van der Waals surface area contributed by atoms with Crippen molar-refractivity contribution in [2.24, 2.45) is 0 Å². The highest BCUT2D eigenvalue weighted by Crippen LogP contribution is 2.42. The molecular formula is C18H15F3N2O6S2. The monoisotopic (exact) mass is 476 g/mol. The molecule has 0 saturated carbocycles. The lowest BCUT2D eigenvalue weighted by atomic mass is 9.99. The van der Waals surface area contributed by atoms with Gasteiger partial charge in [-0.1, -0.05) is 5.16 Å². The largest absolute Gasteiger partial charge is 0.478 e. The van der Waals surface area contributed by atoms with Crippen molar-refractivity contribution >= 4 is 32.9 Å². The van der Waals surface area contributed by atoms with Crippen molar-refractivity contribution in [2.45, 2.75) is 44.0 Å². The number of carbonyl (C=O) groups excluding carboxylic acids is 1. The summed E-state index contributed by atoms with van der Waals surface area (Å²) in [6.07, 6.45) is -3.99. The number of hydrogen-bond donors (Lipinski definition) is 1. The zero-order valence-electron chi connectivity index (χ0n) is 15.8. The number of carboxylic acids is 1. The fraction of sp³-hybridized carbons (Fsp3) is 0.444. The number of carboxylic acid groups (broad SMARTS) is 1. The van der Waals surface area contributed by atoms with Gasteiger partial charge in [-0.3, -0.25) is 4.79 Å². The van der Waals surface area contributed by atoms with Crippen molar-refractivity contribution in [1.29, 1.82) is 0 Å². The van der Waals surface area contributed by atoms with Gasteiger partial charge in [0.15, 0.2) is 15.6 Å². The molecule has 0 amide bonds. The van der Waals surface area contributed by atoms with Gasteiger partial charge in [-0.15, -0.1) is 11.3 Å². The fourth-order valence-corrected chi connectivity index (χ4v) is 6.98.